The molecule has 234 valence electrons. The van der Waals surface area contributed by atoms with Gasteiger partial charge in [0.1, 0.15) is 12.1 Å². The molecule has 0 saturated carbocycles. The minimum Gasteiger partial charge on any atom is -0.354 e. The van der Waals surface area contributed by atoms with Crippen LogP contribution in [0.3, 0.4) is 0 Å². The van der Waals surface area contributed by atoms with Crippen LogP contribution in [0.25, 0.3) is 11.1 Å². The van der Waals surface area contributed by atoms with Crippen LogP contribution in [0.2, 0.25) is 0 Å². The number of nitrogens with zero attached hydrogens (tertiary/aromatic N) is 2. The predicted octanol–water partition coefficient (Wildman–Crippen LogP) is 3.94. The van der Waals surface area contributed by atoms with E-state index in [9.17, 15) is 14.4 Å². The molecule has 0 aliphatic rings. The Morgan fingerprint density at radius 1 is 0.795 bits per heavy atom. The summed E-state index contributed by atoms with van der Waals surface area (Å²) in [4.78, 5) is 43.9. The molecule has 3 aromatic carbocycles. The summed E-state index contributed by atoms with van der Waals surface area (Å²) in [6.45, 7) is 4.64. The molecule has 8 heteroatoms. The number of rotatable bonds is 15. The summed E-state index contributed by atoms with van der Waals surface area (Å²) < 4.78 is 0. The van der Waals surface area contributed by atoms with E-state index in [0.29, 0.717) is 32.4 Å². The molecule has 0 aliphatic heterocycles. The molecule has 0 heterocycles. The second-order valence-electron chi connectivity index (χ2n) is 11.9. The molecule has 0 spiro atoms. The first kappa shape index (κ1) is 34.2. The van der Waals surface area contributed by atoms with Crippen LogP contribution < -0.4 is 16.8 Å². The van der Waals surface area contributed by atoms with E-state index in [2.05, 4.69) is 5.32 Å². The maximum absolute atomic E-state index is 14.3. The van der Waals surface area contributed by atoms with Crippen LogP contribution in [0.4, 0.5) is 0 Å². The van der Waals surface area contributed by atoms with Crippen molar-refractivity contribution in [3.8, 4) is 11.1 Å². The van der Waals surface area contributed by atoms with Crippen LogP contribution in [0.1, 0.15) is 37.8 Å². The van der Waals surface area contributed by atoms with Gasteiger partial charge in [-0.1, -0.05) is 91.0 Å². The molecular formula is C36H47N5O3. The van der Waals surface area contributed by atoms with Gasteiger partial charge in [0.25, 0.3) is 0 Å². The van der Waals surface area contributed by atoms with Gasteiger partial charge in [-0.05, 0) is 61.6 Å². The van der Waals surface area contributed by atoms with E-state index < -0.39 is 17.6 Å². The highest BCUT2D eigenvalue weighted by Gasteiger charge is 2.34. The molecular weight excluding hydrogens is 550 g/mol. The fourth-order valence-corrected chi connectivity index (χ4v) is 4.87. The zero-order valence-electron chi connectivity index (χ0n) is 26.4. The summed E-state index contributed by atoms with van der Waals surface area (Å²) in [7, 11) is 3.26. The quantitative estimate of drug-likeness (QED) is 0.181. The SMILES string of the molecule is CN(C(=O)/C=C/CC(C)(C)N)[C@H](Cc1ccc(-c2ccccc2)cc1)C(=O)N(C)[C@H](Cc1ccccc1)C(=O)NCCCN. The zero-order chi connectivity index (χ0) is 32.1. The lowest BCUT2D eigenvalue weighted by Gasteiger charge is -2.34. The summed E-state index contributed by atoms with van der Waals surface area (Å²) in [6.07, 6.45) is 4.96. The molecule has 8 nitrogen and oxygen atoms in total. The third kappa shape index (κ3) is 10.5. The van der Waals surface area contributed by atoms with Crippen molar-refractivity contribution in [2.45, 2.75) is 57.2 Å². The van der Waals surface area contributed by atoms with E-state index >= 15 is 0 Å². The van der Waals surface area contributed by atoms with Gasteiger partial charge in [-0.25, -0.2) is 0 Å². The first-order chi connectivity index (χ1) is 21.0. The number of amides is 3. The Labute approximate surface area is 262 Å². The summed E-state index contributed by atoms with van der Waals surface area (Å²) >= 11 is 0. The molecule has 3 amide bonds. The van der Waals surface area contributed by atoms with Crippen molar-refractivity contribution in [1.29, 1.82) is 0 Å². The van der Waals surface area contributed by atoms with E-state index in [4.69, 9.17) is 11.5 Å². The maximum Gasteiger partial charge on any atom is 0.246 e. The molecule has 3 rings (SSSR count). The van der Waals surface area contributed by atoms with E-state index in [1.807, 2.05) is 98.8 Å². The minimum atomic E-state index is -0.847. The van der Waals surface area contributed by atoms with Crippen molar-refractivity contribution >= 4 is 17.7 Å². The maximum atomic E-state index is 14.3. The van der Waals surface area contributed by atoms with Gasteiger partial charge in [0.05, 0.1) is 0 Å². The van der Waals surface area contributed by atoms with Crippen LogP contribution in [-0.2, 0) is 27.2 Å². The van der Waals surface area contributed by atoms with Gasteiger partial charge in [0, 0.05) is 39.0 Å². The number of nitrogens with one attached hydrogen (secondary N) is 1. The normalized spacial score (nSPS) is 12.9. The molecule has 5 N–H and O–H groups in total. The molecule has 44 heavy (non-hydrogen) atoms. The number of hydrogen-bond acceptors (Lipinski definition) is 5. The number of carbonyl (C=O) groups excluding carboxylic acids is 3. The standard InChI is InChI=1S/C36H47N5O3/c1-36(2,38)22-11-17-33(42)40(3)32(26-28-18-20-30(21-19-28)29-15-9-6-10-16-29)35(44)41(4)31(34(43)39-24-12-23-37)25-27-13-7-5-8-14-27/h5-11,13-21,31-32H,12,22-26,37-38H2,1-4H3,(H,39,43)/b17-11+/t31-,32-/m1/s1. The van der Waals surface area contributed by atoms with Crippen molar-refractivity contribution in [3.63, 3.8) is 0 Å². The number of hydrogen-bond donors (Lipinski definition) is 3. The molecule has 0 saturated heterocycles. The second kappa shape index (κ2) is 16.5. The first-order valence-electron chi connectivity index (χ1n) is 15.1. The van der Waals surface area contributed by atoms with E-state index in [1.54, 1.807) is 20.2 Å². The number of carbonyl (C=O) groups is 3. The lowest BCUT2D eigenvalue weighted by atomic mass is 9.98. The Morgan fingerprint density at radius 3 is 1.93 bits per heavy atom. The van der Waals surface area contributed by atoms with Crippen molar-refractivity contribution in [2.24, 2.45) is 11.5 Å². The van der Waals surface area contributed by atoms with E-state index in [1.165, 1.54) is 15.9 Å². The first-order valence-corrected chi connectivity index (χ1v) is 15.1. The van der Waals surface area contributed by atoms with Crippen LogP contribution in [0, 0.1) is 0 Å². The van der Waals surface area contributed by atoms with E-state index in [-0.39, 0.29) is 24.1 Å². The monoisotopic (exact) mass is 597 g/mol. The van der Waals surface area contributed by atoms with E-state index in [0.717, 1.165) is 22.3 Å². The van der Waals surface area contributed by atoms with Crippen LogP contribution in [0.5, 0.6) is 0 Å². The number of likely N-dealkylation sites (N-methyl/N-ethyl adjacent to an activating group) is 2. The van der Waals surface area contributed by atoms with Crippen molar-refractivity contribution < 1.29 is 14.4 Å². The summed E-state index contributed by atoms with van der Waals surface area (Å²) in [6, 6.07) is 26.0. The Morgan fingerprint density at radius 2 is 1.34 bits per heavy atom. The molecule has 0 radical (unpaired) electrons. The second-order valence-corrected chi connectivity index (χ2v) is 11.9. The molecule has 0 fully saturated rings. The minimum absolute atomic E-state index is 0.261. The summed E-state index contributed by atoms with van der Waals surface area (Å²) in [5.74, 6) is -0.896. The Hall–Kier alpha value is -4.27. The van der Waals surface area contributed by atoms with Gasteiger partial charge >= 0.3 is 0 Å². The van der Waals surface area contributed by atoms with Crippen LogP contribution >= 0.6 is 0 Å². The Kier molecular flexibility index (Phi) is 12.9. The molecule has 2 atom stereocenters. The zero-order valence-corrected chi connectivity index (χ0v) is 26.4. The average molecular weight is 598 g/mol. The number of nitrogens with two attached hydrogens (primary N) is 2. The smallest absolute Gasteiger partial charge is 0.246 e. The lowest BCUT2D eigenvalue weighted by molar-refractivity contribution is -0.146. The van der Waals surface area contributed by atoms with Crippen molar-refractivity contribution in [2.75, 3.05) is 27.2 Å². The highest BCUT2D eigenvalue weighted by Crippen LogP contribution is 2.21. The topological polar surface area (TPSA) is 122 Å². The fourth-order valence-electron chi connectivity index (χ4n) is 4.87. The van der Waals surface area contributed by atoms with Gasteiger partial charge in [0.15, 0.2) is 0 Å². The molecule has 0 aromatic heterocycles. The van der Waals surface area contributed by atoms with Gasteiger partial charge in [-0.2, -0.15) is 0 Å². The van der Waals surface area contributed by atoms with Gasteiger partial charge in [0.2, 0.25) is 17.7 Å². The predicted molar refractivity (Wildman–Crippen MR) is 178 cm³/mol. The molecule has 3 aromatic rings. The Balaban J connectivity index is 1.91. The third-order valence-electron chi connectivity index (χ3n) is 7.56. The molecule has 0 bridgehead atoms. The highest BCUT2D eigenvalue weighted by atomic mass is 16.2. The summed E-state index contributed by atoms with van der Waals surface area (Å²) in [5, 5.41) is 2.93. The average Bonchev–Trinajstić information content (AvgIpc) is 3.02. The summed E-state index contributed by atoms with van der Waals surface area (Å²) in [5.41, 5.74) is 15.2. The van der Waals surface area contributed by atoms with Gasteiger partial charge in [-0.3, -0.25) is 14.4 Å². The van der Waals surface area contributed by atoms with Gasteiger partial charge in [-0.15, -0.1) is 0 Å². The van der Waals surface area contributed by atoms with Crippen molar-refractivity contribution in [1.82, 2.24) is 15.1 Å². The molecule has 0 unspecified atom stereocenters. The lowest BCUT2D eigenvalue weighted by Crippen LogP contribution is -2.56. The fraction of sp³-hybridized carbons (Fsp3) is 0.361. The number of benzene rings is 3. The van der Waals surface area contributed by atoms with Gasteiger partial charge < -0.3 is 26.6 Å². The molecule has 0 aliphatic carbocycles. The Bertz CT molecular complexity index is 1370. The third-order valence-corrected chi connectivity index (χ3v) is 7.56. The van der Waals surface area contributed by atoms with Crippen LogP contribution in [0.15, 0.2) is 97.1 Å². The largest absolute Gasteiger partial charge is 0.354 e. The highest BCUT2D eigenvalue weighted by molar-refractivity contribution is 5.95. The van der Waals surface area contributed by atoms with Crippen molar-refractivity contribution in [3.05, 3.63) is 108 Å². The van der Waals surface area contributed by atoms with Crippen LogP contribution in [-0.4, -0.2) is 72.3 Å².